The van der Waals surface area contributed by atoms with Crippen molar-refractivity contribution in [2.24, 2.45) is 5.92 Å². The molecule has 0 unspecified atom stereocenters. The zero-order chi connectivity index (χ0) is 22.4. The second-order valence-corrected chi connectivity index (χ2v) is 10.0. The molecule has 1 fully saturated rings. The smallest absolute Gasteiger partial charge is 0.243 e. The molecule has 1 amide bonds. The van der Waals surface area contributed by atoms with Gasteiger partial charge in [-0.2, -0.15) is 4.31 Å². The molecule has 1 aliphatic rings. The van der Waals surface area contributed by atoms with Crippen molar-refractivity contribution in [1.82, 2.24) is 4.31 Å². The van der Waals surface area contributed by atoms with Crippen LogP contribution in [-0.4, -0.2) is 38.3 Å². The molecule has 1 N–H and O–H groups in total. The number of hydrogen-bond donors (Lipinski definition) is 1. The summed E-state index contributed by atoms with van der Waals surface area (Å²) in [6.07, 6.45) is 2.98. The van der Waals surface area contributed by atoms with Crippen LogP contribution in [0.5, 0.6) is 5.75 Å². The molecule has 1 aliphatic heterocycles. The molecule has 1 saturated heterocycles. The zero-order valence-electron chi connectivity index (χ0n) is 18.6. The van der Waals surface area contributed by atoms with Crippen LogP contribution in [-0.2, 0) is 14.8 Å². The van der Waals surface area contributed by atoms with E-state index in [4.69, 9.17) is 4.74 Å². The van der Waals surface area contributed by atoms with Crippen molar-refractivity contribution >= 4 is 21.6 Å². The Morgan fingerprint density at radius 1 is 1.10 bits per heavy atom. The van der Waals surface area contributed by atoms with Crippen molar-refractivity contribution in [3.05, 3.63) is 53.6 Å². The minimum atomic E-state index is -3.55. The monoisotopic (exact) mass is 444 g/mol. The summed E-state index contributed by atoms with van der Waals surface area (Å²) in [6, 6.07) is 12.6. The van der Waals surface area contributed by atoms with Crippen molar-refractivity contribution in [2.75, 3.05) is 25.0 Å². The van der Waals surface area contributed by atoms with Gasteiger partial charge < -0.3 is 10.1 Å². The molecule has 1 heterocycles. The summed E-state index contributed by atoms with van der Waals surface area (Å²) in [5, 5.41) is 2.97. The molecule has 7 heteroatoms. The van der Waals surface area contributed by atoms with Crippen LogP contribution in [0.3, 0.4) is 0 Å². The molecule has 3 rings (SSSR count). The minimum absolute atomic E-state index is 0.0882. The fourth-order valence-electron chi connectivity index (χ4n) is 3.64. The number of ether oxygens (including phenoxy) is 1. The predicted octanol–water partition coefficient (Wildman–Crippen LogP) is 4.52. The zero-order valence-corrected chi connectivity index (χ0v) is 19.4. The van der Waals surface area contributed by atoms with Gasteiger partial charge in [-0.25, -0.2) is 8.42 Å². The summed E-state index contributed by atoms with van der Waals surface area (Å²) in [7, 11) is -3.55. The Hall–Kier alpha value is -2.38. The van der Waals surface area contributed by atoms with Crippen LogP contribution in [0.1, 0.15) is 43.7 Å². The molecular formula is C24H32N2O4S. The number of benzene rings is 2. The van der Waals surface area contributed by atoms with Crippen molar-refractivity contribution in [3.63, 3.8) is 0 Å². The highest BCUT2D eigenvalue weighted by Gasteiger charge is 2.32. The molecule has 0 radical (unpaired) electrons. The van der Waals surface area contributed by atoms with E-state index in [0.29, 0.717) is 48.9 Å². The number of carbonyl (C=O) groups excluding carboxylic acids is 1. The predicted molar refractivity (Wildman–Crippen MR) is 123 cm³/mol. The van der Waals surface area contributed by atoms with Gasteiger partial charge in [0, 0.05) is 19.0 Å². The second kappa shape index (κ2) is 10.3. The number of hydrogen-bond acceptors (Lipinski definition) is 4. The Kier molecular flexibility index (Phi) is 7.73. The number of nitrogens with zero attached hydrogens (tertiary/aromatic N) is 1. The number of rotatable bonds is 8. The summed E-state index contributed by atoms with van der Waals surface area (Å²) in [4.78, 5) is 13.1. The first-order valence-electron chi connectivity index (χ1n) is 10.9. The summed E-state index contributed by atoms with van der Waals surface area (Å²) < 4.78 is 33.3. The van der Waals surface area contributed by atoms with E-state index in [1.807, 2.05) is 44.2 Å². The van der Waals surface area contributed by atoms with Crippen molar-refractivity contribution in [1.29, 1.82) is 0 Å². The number of unbranched alkanes of at least 4 members (excludes halogenated alkanes) is 1. The molecule has 0 spiro atoms. The van der Waals surface area contributed by atoms with E-state index >= 15 is 0 Å². The maximum atomic E-state index is 13.0. The number of sulfonamides is 1. The van der Waals surface area contributed by atoms with Crippen LogP contribution in [0.4, 0.5) is 5.69 Å². The lowest BCUT2D eigenvalue weighted by Crippen LogP contribution is -2.41. The van der Waals surface area contributed by atoms with Gasteiger partial charge >= 0.3 is 0 Å². The first-order valence-corrected chi connectivity index (χ1v) is 12.4. The van der Waals surface area contributed by atoms with Crippen LogP contribution in [0.15, 0.2) is 47.4 Å². The summed E-state index contributed by atoms with van der Waals surface area (Å²) in [5.74, 6) is 0.351. The third kappa shape index (κ3) is 5.66. The minimum Gasteiger partial charge on any atom is -0.491 e. The van der Waals surface area contributed by atoms with Gasteiger partial charge in [0.15, 0.2) is 0 Å². The van der Waals surface area contributed by atoms with E-state index in [2.05, 4.69) is 12.2 Å². The van der Waals surface area contributed by atoms with E-state index in [1.165, 1.54) is 4.31 Å². The van der Waals surface area contributed by atoms with Crippen LogP contribution >= 0.6 is 0 Å². The second-order valence-electron chi connectivity index (χ2n) is 8.11. The maximum Gasteiger partial charge on any atom is 0.243 e. The van der Waals surface area contributed by atoms with Gasteiger partial charge in [0.2, 0.25) is 15.9 Å². The number of carbonyl (C=O) groups is 1. The maximum absolute atomic E-state index is 13.0. The molecule has 6 nitrogen and oxygen atoms in total. The highest BCUT2D eigenvalue weighted by Crippen LogP contribution is 2.28. The van der Waals surface area contributed by atoms with E-state index in [0.717, 1.165) is 24.0 Å². The van der Waals surface area contributed by atoms with Gasteiger partial charge in [0.1, 0.15) is 5.75 Å². The van der Waals surface area contributed by atoms with Crippen molar-refractivity contribution in [3.8, 4) is 5.75 Å². The first-order chi connectivity index (χ1) is 14.8. The summed E-state index contributed by atoms with van der Waals surface area (Å²) in [6.45, 7) is 7.25. The third-order valence-corrected chi connectivity index (χ3v) is 7.74. The average molecular weight is 445 g/mol. The van der Waals surface area contributed by atoms with E-state index < -0.39 is 10.0 Å². The first kappa shape index (κ1) is 23.3. The summed E-state index contributed by atoms with van der Waals surface area (Å²) in [5.41, 5.74) is 2.68. The molecule has 0 atom stereocenters. The van der Waals surface area contributed by atoms with Crippen LogP contribution in [0.25, 0.3) is 0 Å². The highest BCUT2D eigenvalue weighted by molar-refractivity contribution is 7.89. The summed E-state index contributed by atoms with van der Waals surface area (Å²) >= 11 is 0. The Morgan fingerprint density at radius 2 is 1.81 bits per heavy atom. The van der Waals surface area contributed by atoms with Crippen molar-refractivity contribution in [2.45, 2.75) is 51.3 Å². The van der Waals surface area contributed by atoms with Crippen molar-refractivity contribution < 1.29 is 17.9 Å². The Bertz CT molecular complexity index is 1010. The molecule has 168 valence electrons. The fourth-order valence-corrected chi connectivity index (χ4v) is 5.19. The topological polar surface area (TPSA) is 75.7 Å². The van der Waals surface area contributed by atoms with Gasteiger partial charge in [-0.3, -0.25) is 4.79 Å². The van der Waals surface area contributed by atoms with E-state index in [9.17, 15) is 13.2 Å². The fraction of sp³-hybridized carbons (Fsp3) is 0.458. The third-order valence-electron chi connectivity index (χ3n) is 5.84. The van der Waals surface area contributed by atoms with Gasteiger partial charge in [-0.1, -0.05) is 31.5 Å². The molecule has 0 aromatic heterocycles. The lowest BCUT2D eigenvalue weighted by atomic mass is 9.97. The van der Waals surface area contributed by atoms with E-state index in [1.54, 1.807) is 12.1 Å². The number of nitrogens with one attached hydrogen (secondary N) is 1. The van der Waals surface area contributed by atoms with Crippen LogP contribution < -0.4 is 10.1 Å². The lowest BCUT2D eigenvalue weighted by molar-refractivity contribution is -0.120. The number of aryl methyl sites for hydroxylation is 2. The largest absolute Gasteiger partial charge is 0.491 e. The lowest BCUT2D eigenvalue weighted by Gasteiger charge is -2.30. The average Bonchev–Trinajstić information content (AvgIpc) is 2.77. The van der Waals surface area contributed by atoms with Crippen LogP contribution in [0, 0.1) is 19.8 Å². The van der Waals surface area contributed by atoms with E-state index in [-0.39, 0.29) is 11.8 Å². The molecule has 2 aromatic carbocycles. The number of piperidine rings is 1. The van der Waals surface area contributed by atoms with Gasteiger partial charge in [-0.15, -0.1) is 0 Å². The van der Waals surface area contributed by atoms with Gasteiger partial charge in [-0.05, 0) is 68.5 Å². The number of amides is 1. The van der Waals surface area contributed by atoms with Gasteiger partial charge in [0.05, 0.1) is 17.2 Å². The molecule has 0 bridgehead atoms. The number of para-hydroxylation sites is 2. The Morgan fingerprint density at radius 3 is 2.48 bits per heavy atom. The standard InChI is InChI=1S/C24H32N2O4S/c1-4-5-16-30-23-9-7-6-8-22(23)25-24(27)20-12-14-26(15-13-20)31(28,29)21-11-10-18(2)19(3)17-21/h6-11,17,20H,4-5,12-16H2,1-3H3,(H,25,27). The van der Waals surface area contributed by atoms with Gasteiger partial charge in [0.25, 0.3) is 0 Å². The molecular weight excluding hydrogens is 412 g/mol. The SMILES string of the molecule is CCCCOc1ccccc1NC(=O)C1CCN(S(=O)(=O)c2ccc(C)c(C)c2)CC1. The van der Waals surface area contributed by atoms with Crippen LogP contribution in [0.2, 0.25) is 0 Å². The number of anilines is 1. The highest BCUT2D eigenvalue weighted by atomic mass is 32.2. The Labute approximate surface area is 185 Å². The quantitative estimate of drug-likeness (QED) is 0.608. The molecule has 0 saturated carbocycles. The molecule has 0 aliphatic carbocycles. The molecule has 31 heavy (non-hydrogen) atoms. The molecule has 2 aromatic rings. The Balaban J connectivity index is 1.61. The normalized spacial score (nSPS) is 15.6.